The maximum absolute atomic E-state index is 13.4. The highest BCUT2D eigenvalue weighted by Crippen LogP contribution is 2.24. The van der Waals surface area contributed by atoms with Crippen LogP contribution >= 0.6 is 11.6 Å². The number of carbonyl (C=O) groups is 2. The Morgan fingerprint density at radius 2 is 2.17 bits per heavy atom. The summed E-state index contributed by atoms with van der Waals surface area (Å²) in [7, 11) is 0. The molecule has 0 atom stereocenters. The van der Waals surface area contributed by atoms with Gasteiger partial charge in [0.2, 0.25) is 0 Å². The molecule has 0 saturated heterocycles. The Labute approximate surface area is 108 Å². The Balaban J connectivity index is 2.83. The van der Waals surface area contributed by atoms with Crippen molar-refractivity contribution in [2.24, 2.45) is 0 Å². The smallest absolute Gasteiger partial charge is 0.323 e. The maximum atomic E-state index is 13.4. The van der Waals surface area contributed by atoms with Gasteiger partial charge in [-0.2, -0.15) is 0 Å². The molecule has 5 nitrogen and oxygen atoms in total. The van der Waals surface area contributed by atoms with Crippen LogP contribution in [-0.2, 0) is 4.79 Å². The molecular weight excluding hydrogens is 263 g/mol. The minimum Gasteiger partial charge on any atom is -0.480 e. The summed E-state index contributed by atoms with van der Waals surface area (Å²) in [6.07, 6.45) is 0. The number of halogens is 2. The van der Waals surface area contributed by atoms with Crippen LogP contribution in [0.2, 0.25) is 5.02 Å². The van der Waals surface area contributed by atoms with Crippen molar-refractivity contribution in [3.63, 3.8) is 0 Å². The first-order valence-electron chi connectivity index (χ1n) is 5.17. The molecule has 0 aliphatic rings. The van der Waals surface area contributed by atoms with Crippen molar-refractivity contribution in [3.8, 4) is 0 Å². The normalized spacial score (nSPS) is 9.94. The van der Waals surface area contributed by atoms with Gasteiger partial charge in [-0.1, -0.05) is 17.7 Å². The molecule has 0 saturated carbocycles. The Kier molecular flexibility index (Phi) is 4.91. The highest BCUT2D eigenvalue weighted by atomic mass is 35.5. The molecule has 7 heteroatoms. The summed E-state index contributed by atoms with van der Waals surface area (Å²) < 4.78 is 13.4. The number of rotatable bonds is 4. The third-order valence-electron chi connectivity index (χ3n) is 2.19. The van der Waals surface area contributed by atoms with E-state index in [-0.39, 0.29) is 17.3 Å². The van der Waals surface area contributed by atoms with Crippen LogP contribution < -0.4 is 5.32 Å². The Bertz CT molecular complexity index is 447. The molecule has 0 aliphatic carbocycles. The zero-order valence-electron chi connectivity index (χ0n) is 9.61. The molecule has 1 aromatic rings. The van der Waals surface area contributed by atoms with E-state index in [4.69, 9.17) is 16.7 Å². The molecule has 0 aliphatic heterocycles. The summed E-state index contributed by atoms with van der Waals surface area (Å²) in [6, 6.07) is 3.26. The number of aliphatic carboxylic acids is 1. The minimum atomic E-state index is -1.15. The zero-order chi connectivity index (χ0) is 13.7. The van der Waals surface area contributed by atoms with Gasteiger partial charge in [0, 0.05) is 6.54 Å². The summed E-state index contributed by atoms with van der Waals surface area (Å²) in [5, 5.41) is 10.9. The molecule has 0 unspecified atom stereocenters. The lowest BCUT2D eigenvalue weighted by atomic mass is 10.3. The Morgan fingerprint density at radius 1 is 1.50 bits per heavy atom. The van der Waals surface area contributed by atoms with Crippen molar-refractivity contribution in [1.82, 2.24) is 4.90 Å². The molecule has 98 valence electrons. The van der Waals surface area contributed by atoms with Gasteiger partial charge < -0.3 is 15.3 Å². The van der Waals surface area contributed by atoms with Gasteiger partial charge in [0.1, 0.15) is 12.4 Å². The number of carboxylic acid groups (broad SMARTS) is 1. The van der Waals surface area contributed by atoms with Crippen molar-refractivity contribution in [3.05, 3.63) is 29.0 Å². The predicted molar refractivity (Wildman–Crippen MR) is 65.3 cm³/mol. The van der Waals surface area contributed by atoms with E-state index in [0.29, 0.717) is 0 Å². The number of carboxylic acids is 1. The van der Waals surface area contributed by atoms with E-state index < -0.39 is 24.4 Å². The molecule has 0 spiro atoms. The molecule has 0 fully saturated rings. The molecule has 1 aromatic carbocycles. The van der Waals surface area contributed by atoms with Gasteiger partial charge >= 0.3 is 12.0 Å². The first kappa shape index (κ1) is 14.2. The number of nitrogens with one attached hydrogen (secondary N) is 1. The number of carbonyl (C=O) groups excluding carboxylic acids is 1. The van der Waals surface area contributed by atoms with E-state index in [9.17, 15) is 14.0 Å². The van der Waals surface area contributed by atoms with Gasteiger partial charge in [0.25, 0.3) is 0 Å². The van der Waals surface area contributed by atoms with Crippen molar-refractivity contribution >= 4 is 29.3 Å². The molecular formula is C11H12ClFN2O3. The second-order valence-electron chi connectivity index (χ2n) is 3.43. The first-order valence-corrected chi connectivity index (χ1v) is 5.55. The lowest BCUT2D eigenvalue weighted by molar-refractivity contribution is -0.137. The van der Waals surface area contributed by atoms with Crippen molar-refractivity contribution < 1.29 is 19.1 Å². The Morgan fingerprint density at radius 3 is 2.67 bits per heavy atom. The van der Waals surface area contributed by atoms with E-state index in [2.05, 4.69) is 5.32 Å². The largest absolute Gasteiger partial charge is 0.480 e. The minimum absolute atomic E-state index is 0.0507. The van der Waals surface area contributed by atoms with Crippen LogP contribution in [0, 0.1) is 5.82 Å². The number of hydrogen-bond acceptors (Lipinski definition) is 2. The number of para-hydroxylation sites is 1. The van der Waals surface area contributed by atoms with Gasteiger partial charge in [-0.15, -0.1) is 0 Å². The number of anilines is 1. The SMILES string of the molecule is CCN(CC(=O)O)C(=O)Nc1c(F)cccc1Cl. The number of urea groups is 1. The number of likely N-dealkylation sites (N-methyl/N-ethyl adjacent to an activating group) is 1. The maximum Gasteiger partial charge on any atom is 0.323 e. The highest BCUT2D eigenvalue weighted by molar-refractivity contribution is 6.33. The highest BCUT2D eigenvalue weighted by Gasteiger charge is 2.17. The fraction of sp³-hybridized carbons (Fsp3) is 0.273. The second-order valence-corrected chi connectivity index (χ2v) is 3.84. The number of nitrogens with zero attached hydrogens (tertiary/aromatic N) is 1. The van der Waals surface area contributed by atoms with E-state index in [0.717, 1.165) is 11.0 Å². The molecule has 0 bridgehead atoms. The summed E-state index contributed by atoms with van der Waals surface area (Å²) in [4.78, 5) is 23.3. The monoisotopic (exact) mass is 274 g/mol. The zero-order valence-corrected chi connectivity index (χ0v) is 10.4. The fourth-order valence-electron chi connectivity index (χ4n) is 1.29. The van der Waals surface area contributed by atoms with E-state index in [1.807, 2.05) is 0 Å². The summed E-state index contributed by atoms with van der Waals surface area (Å²) >= 11 is 5.74. The average molecular weight is 275 g/mol. The van der Waals surface area contributed by atoms with Crippen LogP contribution in [0.15, 0.2) is 18.2 Å². The van der Waals surface area contributed by atoms with Crippen LogP contribution in [0.4, 0.5) is 14.9 Å². The van der Waals surface area contributed by atoms with Crippen LogP contribution in [0.1, 0.15) is 6.92 Å². The lowest BCUT2D eigenvalue weighted by Gasteiger charge is -2.19. The van der Waals surface area contributed by atoms with Crippen LogP contribution in [-0.4, -0.2) is 35.1 Å². The van der Waals surface area contributed by atoms with Crippen LogP contribution in [0.5, 0.6) is 0 Å². The average Bonchev–Trinajstić information content (AvgIpc) is 2.30. The first-order chi connectivity index (χ1) is 8.45. The second kappa shape index (κ2) is 6.20. The Hall–Kier alpha value is -1.82. The van der Waals surface area contributed by atoms with Crippen LogP contribution in [0.25, 0.3) is 0 Å². The quantitative estimate of drug-likeness (QED) is 0.886. The molecule has 1 rings (SSSR count). The topological polar surface area (TPSA) is 69.6 Å². The third-order valence-corrected chi connectivity index (χ3v) is 2.50. The van der Waals surface area contributed by atoms with Gasteiger partial charge in [0.05, 0.1) is 10.7 Å². The van der Waals surface area contributed by atoms with Crippen LogP contribution in [0.3, 0.4) is 0 Å². The fourth-order valence-corrected chi connectivity index (χ4v) is 1.50. The predicted octanol–water partition coefficient (Wildman–Crippen LogP) is 2.42. The molecule has 18 heavy (non-hydrogen) atoms. The molecule has 2 amide bonds. The van der Waals surface area contributed by atoms with Crippen molar-refractivity contribution in [2.45, 2.75) is 6.92 Å². The molecule has 0 radical (unpaired) electrons. The lowest BCUT2D eigenvalue weighted by Crippen LogP contribution is -2.38. The third kappa shape index (κ3) is 3.59. The van der Waals surface area contributed by atoms with Gasteiger partial charge in [-0.05, 0) is 19.1 Å². The van der Waals surface area contributed by atoms with E-state index in [1.54, 1.807) is 6.92 Å². The van der Waals surface area contributed by atoms with Crippen molar-refractivity contribution in [2.75, 3.05) is 18.4 Å². The summed E-state index contributed by atoms with van der Waals surface area (Å²) in [5.41, 5.74) is -0.159. The molecule has 0 aromatic heterocycles. The number of hydrogen-bond donors (Lipinski definition) is 2. The standard InChI is InChI=1S/C11H12ClFN2O3/c1-2-15(6-9(16)17)11(18)14-10-7(12)4-3-5-8(10)13/h3-5H,2,6H2,1H3,(H,14,18)(H,16,17). The number of benzene rings is 1. The van der Waals surface area contributed by atoms with Gasteiger partial charge in [0.15, 0.2) is 0 Å². The van der Waals surface area contributed by atoms with Gasteiger partial charge in [-0.3, -0.25) is 4.79 Å². The van der Waals surface area contributed by atoms with Gasteiger partial charge in [-0.25, -0.2) is 9.18 Å². The summed E-state index contributed by atoms with van der Waals surface area (Å²) in [5.74, 6) is -1.83. The molecule has 0 heterocycles. The van der Waals surface area contributed by atoms with E-state index in [1.165, 1.54) is 12.1 Å². The number of amides is 2. The summed E-state index contributed by atoms with van der Waals surface area (Å²) in [6.45, 7) is 1.34. The molecule has 2 N–H and O–H groups in total. The van der Waals surface area contributed by atoms with Crippen molar-refractivity contribution in [1.29, 1.82) is 0 Å². The van der Waals surface area contributed by atoms with E-state index >= 15 is 0 Å².